The molecule has 1 amide bonds. The molecule has 2 N–H and O–H groups in total. The summed E-state index contributed by atoms with van der Waals surface area (Å²) >= 11 is 2.73. The van der Waals surface area contributed by atoms with Crippen LogP contribution >= 0.6 is 23.5 Å². The van der Waals surface area contributed by atoms with Crippen molar-refractivity contribution in [2.75, 3.05) is 11.1 Å². The normalized spacial score (nSPS) is 10.7. The summed E-state index contributed by atoms with van der Waals surface area (Å²) in [5.41, 5.74) is 0.326. The fourth-order valence-electron chi connectivity index (χ4n) is 1.94. The Balaban J connectivity index is 1.99. The summed E-state index contributed by atoms with van der Waals surface area (Å²) in [6.45, 7) is 4.11. The lowest BCUT2D eigenvalue weighted by atomic mass is 10.2. The average molecular weight is 394 g/mol. The first kappa shape index (κ1) is 20.0. The molecule has 0 atom stereocenters. The number of hydrogen-bond donors (Lipinski definition) is 2. The van der Waals surface area contributed by atoms with E-state index in [1.54, 1.807) is 17.8 Å². The second-order valence-corrected chi connectivity index (χ2v) is 8.04. The van der Waals surface area contributed by atoms with Crippen LogP contribution in [0.2, 0.25) is 0 Å². The molecule has 2 rings (SSSR count). The van der Waals surface area contributed by atoms with Crippen LogP contribution in [0.3, 0.4) is 0 Å². The molecule has 0 fully saturated rings. The lowest BCUT2D eigenvalue weighted by molar-refractivity contribution is -0.383. The van der Waals surface area contributed by atoms with E-state index in [0.29, 0.717) is 21.9 Å². The number of amides is 1. The molecule has 26 heavy (non-hydrogen) atoms. The van der Waals surface area contributed by atoms with E-state index in [-0.39, 0.29) is 22.7 Å². The van der Waals surface area contributed by atoms with Crippen molar-refractivity contribution in [2.45, 2.75) is 30.0 Å². The fourth-order valence-corrected chi connectivity index (χ4v) is 3.28. The average Bonchev–Trinajstić information content (AvgIpc) is 2.58. The molecule has 1 heterocycles. The Kier molecular flexibility index (Phi) is 7.22. The highest BCUT2D eigenvalue weighted by Crippen LogP contribution is 2.24. The van der Waals surface area contributed by atoms with Gasteiger partial charge in [-0.2, -0.15) is 11.8 Å². The predicted octanol–water partition coefficient (Wildman–Crippen LogP) is 3.05. The van der Waals surface area contributed by atoms with Crippen molar-refractivity contribution in [3.8, 4) is 0 Å². The van der Waals surface area contributed by atoms with Gasteiger partial charge in [-0.15, -0.1) is 0 Å². The molecule has 2 aromatic rings. The van der Waals surface area contributed by atoms with E-state index >= 15 is 0 Å². The van der Waals surface area contributed by atoms with E-state index in [2.05, 4.69) is 29.1 Å². The molecule has 0 spiro atoms. The van der Waals surface area contributed by atoms with Crippen LogP contribution in [0.1, 0.15) is 19.5 Å². The molecule has 138 valence electrons. The highest BCUT2D eigenvalue weighted by Gasteiger charge is 2.15. The summed E-state index contributed by atoms with van der Waals surface area (Å²) in [4.78, 5) is 41.1. The first-order valence-corrected chi connectivity index (χ1v) is 9.76. The highest BCUT2D eigenvalue weighted by atomic mass is 32.2. The number of nitro benzene ring substituents is 1. The largest absolute Gasteiger partial charge is 0.320 e. The van der Waals surface area contributed by atoms with Gasteiger partial charge in [-0.1, -0.05) is 37.7 Å². The number of hydrogen-bond acceptors (Lipinski definition) is 7. The van der Waals surface area contributed by atoms with Crippen molar-refractivity contribution >= 4 is 40.8 Å². The summed E-state index contributed by atoms with van der Waals surface area (Å²) < 4.78 is 0. The summed E-state index contributed by atoms with van der Waals surface area (Å²) in [5.74, 6) is 0.154. The van der Waals surface area contributed by atoms with Gasteiger partial charge in [0, 0.05) is 17.9 Å². The van der Waals surface area contributed by atoms with Crippen molar-refractivity contribution in [1.82, 2.24) is 9.97 Å². The van der Waals surface area contributed by atoms with Gasteiger partial charge in [-0.3, -0.25) is 19.7 Å². The third kappa shape index (κ3) is 6.19. The maximum absolute atomic E-state index is 12.1. The van der Waals surface area contributed by atoms with Crippen LogP contribution in [0.25, 0.3) is 0 Å². The van der Waals surface area contributed by atoms with Gasteiger partial charge in [0.1, 0.15) is 5.69 Å². The number of benzene rings is 1. The fraction of sp³-hybridized carbons (Fsp3) is 0.312. The molecule has 10 heteroatoms. The van der Waals surface area contributed by atoms with Crippen molar-refractivity contribution < 1.29 is 9.72 Å². The number of nitrogens with zero attached hydrogens (tertiary/aromatic N) is 2. The van der Waals surface area contributed by atoms with Crippen LogP contribution in [0, 0.1) is 10.1 Å². The Labute approximate surface area is 158 Å². The van der Waals surface area contributed by atoms with E-state index in [0.717, 1.165) is 11.8 Å². The number of nitro groups is 1. The third-order valence-corrected chi connectivity index (χ3v) is 5.05. The molecule has 0 aliphatic heterocycles. The highest BCUT2D eigenvalue weighted by molar-refractivity contribution is 7.99. The molecular weight excluding hydrogens is 376 g/mol. The van der Waals surface area contributed by atoms with Crippen molar-refractivity contribution in [3.63, 3.8) is 0 Å². The standard InChI is InChI=1S/C16H18N4O4S2/c1-10(2)25-8-11-7-14(21)19-16(17-11)26-9-15(22)18-12-5-3-4-6-13(12)20(23)24/h3-7,10H,8-9H2,1-2H3,(H,18,22)(H,17,19,21). The minimum absolute atomic E-state index is 0.0320. The third-order valence-electron chi connectivity index (χ3n) is 3.05. The SMILES string of the molecule is CC(C)SCc1cc(=O)[nH]c(SCC(=O)Nc2ccccc2[N+](=O)[O-])n1. The van der Waals surface area contributed by atoms with Crippen LogP contribution < -0.4 is 10.9 Å². The number of rotatable bonds is 8. The number of aromatic nitrogens is 2. The first-order chi connectivity index (χ1) is 12.3. The zero-order chi connectivity index (χ0) is 19.1. The molecule has 1 aromatic carbocycles. The van der Waals surface area contributed by atoms with Crippen LogP contribution in [0.4, 0.5) is 11.4 Å². The zero-order valence-electron chi connectivity index (χ0n) is 14.2. The van der Waals surface area contributed by atoms with Crippen LogP contribution in [0.5, 0.6) is 0 Å². The summed E-state index contributed by atoms with van der Waals surface area (Å²) in [7, 11) is 0. The zero-order valence-corrected chi connectivity index (χ0v) is 15.9. The molecule has 0 aliphatic carbocycles. The smallest absolute Gasteiger partial charge is 0.292 e. The van der Waals surface area contributed by atoms with Crippen molar-refractivity contribution in [1.29, 1.82) is 0 Å². The Bertz CT molecular complexity index is 854. The molecule has 8 nitrogen and oxygen atoms in total. The molecule has 0 aliphatic rings. The Hall–Kier alpha value is -2.33. The van der Waals surface area contributed by atoms with Gasteiger partial charge in [0.2, 0.25) is 5.91 Å². The Morgan fingerprint density at radius 1 is 1.38 bits per heavy atom. The van der Waals surface area contributed by atoms with Crippen molar-refractivity contribution in [2.24, 2.45) is 0 Å². The van der Waals surface area contributed by atoms with Gasteiger partial charge < -0.3 is 10.3 Å². The number of H-pyrrole nitrogens is 1. The summed E-state index contributed by atoms with van der Waals surface area (Å²) in [5, 5.41) is 14.2. The van der Waals surface area contributed by atoms with Gasteiger partial charge in [0.05, 0.1) is 16.4 Å². The predicted molar refractivity (Wildman–Crippen MR) is 104 cm³/mol. The van der Waals surface area contributed by atoms with Crippen molar-refractivity contribution in [3.05, 3.63) is 56.5 Å². The van der Waals surface area contributed by atoms with Gasteiger partial charge in [-0.25, -0.2) is 4.98 Å². The van der Waals surface area contributed by atoms with E-state index < -0.39 is 10.8 Å². The number of carbonyl (C=O) groups excluding carboxylic acids is 1. The van der Waals surface area contributed by atoms with Crippen LogP contribution in [0.15, 0.2) is 40.3 Å². The monoisotopic (exact) mass is 394 g/mol. The minimum Gasteiger partial charge on any atom is -0.320 e. The van der Waals surface area contributed by atoms with Gasteiger partial charge >= 0.3 is 0 Å². The maximum Gasteiger partial charge on any atom is 0.292 e. The molecule has 0 saturated heterocycles. The topological polar surface area (TPSA) is 118 Å². The maximum atomic E-state index is 12.1. The quantitative estimate of drug-likeness (QED) is 0.306. The number of aromatic amines is 1. The number of thioether (sulfide) groups is 2. The number of para-hydroxylation sites is 2. The van der Waals surface area contributed by atoms with Crippen LogP contribution in [-0.4, -0.2) is 31.8 Å². The van der Waals surface area contributed by atoms with E-state index in [4.69, 9.17) is 0 Å². The molecular formula is C16H18N4O4S2. The number of nitrogens with one attached hydrogen (secondary N) is 2. The summed E-state index contributed by atoms with van der Waals surface area (Å²) in [6, 6.07) is 7.34. The van der Waals surface area contributed by atoms with E-state index in [1.807, 2.05) is 0 Å². The summed E-state index contributed by atoms with van der Waals surface area (Å²) in [6.07, 6.45) is 0. The lowest BCUT2D eigenvalue weighted by Gasteiger charge is -2.07. The molecule has 0 saturated carbocycles. The molecule has 0 bridgehead atoms. The second-order valence-electron chi connectivity index (χ2n) is 5.51. The van der Waals surface area contributed by atoms with Crippen LogP contribution in [-0.2, 0) is 10.5 Å². The number of anilines is 1. The Morgan fingerprint density at radius 3 is 2.81 bits per heavy atom. The molecule has 0 radical (unpaired) electrons. The van der Waals surface area contributed by atoms with Gasteiger partial charge in [0.15, 0.2) is 5.16 Å². The molecule has 0 unspecified atom stereocenters. The van der Waals surface area contributed by atoms with Gasteiger partial charge in [0.25, 0.3) is 11.2 Å². The van der Waals surface area contributed by atoms with E-state index in [1.165, 1.54) is 24.3 Å². The Morgan fingerprint density at radius 2 is 2.12 bits per heavy atom. The van der Waals surface area contributed by atoms with E-state index in [9.17, 15) is 19.7 Å². The molecule has 1 aromatic heterocycles. The minimum atomic E-state index is -0.558. The lowest BCUT2D eigenvalue weighted by Crippen LogP contribution is -2.16. The number of carbonyl (C=O) groups is 1. The van der Waals surface area contributed by atoms with Gasteiger partial charge in [-0.05, 0) is 11.3 Å². The first-order valence-electron chi connectivity index (χ1n) is 7.73. The second kappa shape index (κ2) is 9.39.